The average molecular weight is 472 g/mol. The lowest BCUT2D eigenvalue weighted by atomic mass is 10.2. The standard InChI is InChI=1S/C15H28N4O3S.HI/c1-2-16-15(18-12-5-7-23(20,21)11-12)17-8-14-9-19-6-3-4-13(19)10-22-14;/h12-14H,2-11H2,1H3,(H2,16,17,18);1H. The largest absolute Gasteiger partial charge is 0.373 e. The van der Waals surface area contributed by atoms with Crippen molar-refractivity contribution in [2.45, 2.75) is 44.4 Å². The topological polar surface area (TPSA) is 83.0 Å². The van der Waals surface area contributed by atoms with Crippen molar-refractivity contribution >= 4 is 39.8 Å². The predicted molar refractivity (Wildman–Crippen MR) is 106 cm³/mol. The van der Waals surface area contributed by atoms with Crippen molar-refractivity contribution in [2.75, 3.05) is 44.3 Å². The number of ether oxygens (including phenoxy) is 1. The van der Waals surface area contributed by atoms with Crippen LogP contribution in [0.25, 0.3) is 0 Å². The van der Waals surface area contributed by atoms with Gasteiger partial charge in [-0.3, -0.25) is 9.89 Å². The fourth-order valence-corrected chi connectivity index (χ4v) is 5.28. The second-order valence-electron chi connectivity index (χ2n) is 6.71. The van der Waals surface area contributed by atoms with E-state index in [0.717, 1.165) is 19.7 Å². The highest BCUT2D eigenvalue weighted by molar-refractivity contribution is 14.0. The van der Waals surface area contributed by atoms with Crippen molar-refractivity contribution in [1.29, 1.82) is 0 Å². The molecule has 0 aromatic heterocycles. The first-order valence-corrected chi connectivity index (χ1v) is 10.5. The molecule has 9 heteroatoms. The zero-order chi connectivity index (χ0) is 16.3. The van der Waals surface area contributed by atoms with Gasteiger partial charge >= 0.3 is 0 Å². The van der Waals surface area contributed by atoms with Crippen LogP contribution in [-0.4, -0.2) is 81.8 Å². The second-order valence-corrected chi connectivity index (χ2v) is 8.94. The van der Waals surface area contributed by atoms with Crippen molar-refractivity contribution in [1.82, 2.24) is 15.5 Å². The van der Waals surface area contributed by atoms with Crippen molar-refractivity contribution in [3.63, 3.8) is 0 Å². The van der Waals surface area contributed by atoms with Gasteiger partial charge in [0.05, 0.1) is 30.8 Å². The van der Waals surface area contributed by atoms with E-state index in [1.54, 1.807) is 0 Å². The number of sulfone groups is 1. The van der Waals surface area contributed by atoms with Gasteiger partial charge < -0.3 is 15.4 Å². The smallest absolute Gasteiger partial charge is 0.191 e. The summed E-state index contributed by atoms with van der Waals surface area (Å²) in [5.41, 5.74) is 0. The molecule has 3 aliphatic heterocycles. The van der Waals surface area contributed by atoms with Crippen molar-refractivity contribution in [3.8, 4) is 0 Å². The number of hydrogen-bond acceptors (Lipinski definition) is 5. The highest BCUT2D eigenvalue weighted by Gasteiger charge is 2.32. The van der Waals surface area contributed by atoms with Gasteiger partial charge in [0.15, 0.2) is 15.8 Å². The minimum absolute atomic E-state index is 0. The third kappa shape index (κ3) is 5.43. The first-order valence-electron chi connectivity index (χ1n) is 8.66. The van der Waals surface area contributed by atoms with Gasteiger partial charge in [-0.1, -0.05) is 0 Å². The molecule has 7 nitrogen and oxygen atoms in total. The maximum atomic E-state index is 11.6. The number of nitrogens with one attached hydrogen (secondary N) is 2. The van der Waals surface area contributed by atoms with Crippen LogP contribution in [-0.2, 0) is 14.6 Å². The van der Waals surface area contributed by atoms with E-state index in [4.69, 9.17) is 4.74 Å². The Balaban J connectivity index is 0.00000208. The molecule has 3 rings (SSSR count). The molecule has 3 unspecified atom stereocenters. The molecule has 140 valence electrons. The van der Waals surface area contributed by atoms with Crippen LogP contribution in [0.2, 0.25) is 0 Å². The molecule has 0 aromatic carbocycles. The lowest BCUT2D eigenvalue weighted by molar-refractivity contribution is -0.0432. The van der Waals surface area contributed by atoms with Crippen LogP contribution in [0, 0.1) is 0 Å². The SMILES string of the molecule is CCNC(=NCC1CN2CCCC2CO1)NC1CCS(=O)(=O)C1.I. The number of fused-ring (bicyclic) bond motifs is 1. The molecule has 0 saturated carbocycles. The van der Waals surface area contributed by atoms with Gasteiger partial charge in [0.1, 0.15) is 0 Å². The van der Waals surface area contributed by atoms with Crippen LogP contribution in [0.5, 0.6) is 0 Å². The summed E-state index contributed by atoms with van der Waals surface area (Å²) in [5.74, 6) is 1.17. The molecule has 0 amide bonds. The number of nitrogens with zero attached hydrogens (tertiary/aromatic N) is 2. The molecule has 0 radical (unpaired) electrons. The summed E-state index contributed by atoms with van der Waals surface area (Å²) in [6.45, 7) is 6.31. The Kier molecular flexibility index (Phi) is 7.57. The number of hydrogen-bond donors (Lipinski definition) is 2. The Morgan fingerprint density at radius 3 is 2.92 bits per heavy atom. The van der Waals surface area contributed by atoms with Gasteiger partial charge in [-0.2, -0.15) is 0 Å². The molecule has 24 heavy (non-hydrogen) atoms. The van der Waals surface area contributed by atoms with E-state index >= 15 is 0 Å². The van der Waals surface area contributed by atoms with Gasteiger partial charge in [-0.15, -0.1) is 24.0 Å². The maximum absolute atomic E-state index is 11.6. The Morgan fingerprint density at radius 1 is 1.38 bits per heavy atom. The zero-order valence-corrected chi connectivity index (χ0v) is 17.4. The highest BCUT2D eigenvalue weighted by Crippen LogP contribution is 2.22. The van der Waals surface area contributed by atoms with Gasteiger partial charge in [-0.05, 0) is 32.7 Å². The first kappa shape index (κ1) is 20.2. The van der Waals surface area contributed by atoms with E-state index in [9.17, 15) is 8.42 Å². The molecule has 3 aliphatic rings. The van der Waals surface area contributed by atoms with Crippen LogP contribution in [0.3, 0.4) is 0 Å². The summed E-state index contributed by atoms with van der Waals surface area (Å²) in [5, 5.41) is 6.45. The summed E-state index contributed by atoms with van der Waals surface area (Å²) < 4.78 is 29.1. The van der Waals surface area contributed by atoms with E-state index in [0.29, 0.717) is 25.0 Å². The molecular formula is C15H29IN4O3S. The summed E-state index contributed by atoms with van der Waals surface area (Å²) in [7, 11) is -2.88. The lowest BCUT2D eigenvalue weighted by Gasteiger charge is -2.34. The molecule has 3 fully saturated rings. The minimum Gasteiger partial charge on any atom is -0.373 e. The molecule has 3 atom stereocenters. The molecule has 0 spiro atoms. The summed E-state index contributed by atoms with van der Waals surface area (Å²) in [4.78, 5) is 7.12. The molecular weight excluding hydrogens is 443 g/mol. The summed E-state index contributed by atoms with van der Waals surface area (Å²) in [6.07, 6.45) is 3.30. The Morgan fingerprint density at radius 2 is 2.21 bits per heavy atom. The van der Waals surface area contributed by atoms with E-state index in [-0.39, 0.29) is 47.6 Å². The van der Waals surface area contributed by atoms with E-state index in [2.05, 4.69) is 20.5 Å². The van der Waals surface area contributed by atoms with Crippen LogP contribution in [0.15, 0.2) is 4.99 Å². The third-order valence-electron chi connectivity index (χ3n) is 4.83. The predicted octanol–water partition coefficient (Wildman–Crippen LogP) is 0.210. The number of halogens is 1. The average Bonchev–Trinajstić information content (AvgIpc) is 3.10. The van der Waals surface area contributed by atoms with E-state index in [1.165, 1.54) is 19.4 Å². The monoisotopic (exact) mass is 472 g/mol. The Hall–Kier alpha value is -0.130. The van der Waals surface area contributed by atoms with Crippen molar-refractivity contribution < 1.29 is 13.2 Å². The quantitative estimate of drug-likeness (QED) is 0.346. The molecule has 0 aromatic rings. The number of morpholine rings is 1. The fraction of sp³-hybridized carbons (Fsp3) is 0.933. The van der Waals surface area contributed by atoms with Gasteiger partial charge in [0.25, 0.3) is 0 Å². The third-order valence-corrected chi connectivity index (χ3v) is 6.60. The van der Waals surface area contributed by atoms with Crippen LogP contribution < -0.4 is 10.6 Å². The normalized spacial score (nSPS) is 32.9. The highest BCUT2D eigenvalue weighted by atomic mass is 127. The summed E-state index contributed by atoms with van der Waals surface area (Å²) in [6, 6.07) is 0.568. The van der Waals surface area contributed by atoms with Gasteiger partial charge in [0.2, 0.25) is 0 Å². The molecule has 0 bridgehead atoms. The summed E-state index contributed by atoms with van der Waals surface area (Å²) >= 11 is 0. The van der Waals surface area contributed by atoms with Crippen molar-refractivity contribution in [2.24, 2.45) is 4.99 Å². The molecule has 0 aliphatic carbocycles. The van der Waals surface area contributed by atoms with E-state index in [1.807, 2.05) is 6.92 Å². The minimum atomic E-state index is -2.88. The fourth-order valence-electron chi connectivity index (χ4n) is 3.61. The van der Waals surface area contributed by atoms with Crippen LogP contribution in [0.4, 0.5) is 0 Å². The van der Waals surface area contributed by atoms with Crippen LogP contribution in [0.1, 0.15) is 26.2 Å². The Bertz CT molecular complexity index is 543. The van der Waals surface area contributed by atoms with Crippen molar-refractivity contribution in [3.05, 3.63) is 0 Å². The number of guanidine groups is 1. The zero-order valence-electron chi connectivity index (χ0n) is 14.2. The van der Waals surface area contributed by atoms with Crippen LogP contribution >= 0.6 is 24.0 Å². The van der Waals surface area contributed by atoms with Gasteiger partial charge in [-0.25, -0.2) is 8.42 Å². The number of aliphatic imine (C=N–C) groups is 1. The number of rotatable bonds is 4. The molecule has 2 N–H and O–H groups in total. The lowest BCUT2D eigenvalue weighted by Crippen LogP contribution is -2.48. The first-order chi connectivity index (χ1) is 11.1. The molecule has 3 heterocycles. The second kappa shape index (κ2) is 9.00. The Labute approximate surface area is 161 Å². The van der Waals surface area contributed by atoms with Gasteiger partial charge in [0, 0.05) is 25.2 Å². The molecule has 3 saturated heterocycles. The van der Waals surface area contributed by atoms with E-state index < -0.39 is 9.84 Å². The maximum Gasteiger partial charge on any atom is 0.191 e.